The predicted molar refractivity (Wildman–Crippen MR) is 220 cm³/mol. The second-order valence-corrected chi connectivity index (χ2v) is 20.0. The third-order valence-corrected chi connectivity index (χ3v) is 13.4. The van der Waals surface area contributed by atoms with Gasteiger partial charge in [-0.3, -0.25) is 4.79 Å². The Hall–Kier alpha value is -3.86. The first-order valence-corrected chi connectivity index (χ1v) is 21.3. The van der Waals surface area contributed by atoms with E-state index in [0.717, 1.165) is 5.57 Å². The van der Waals surface area contributed by atoms with Crippen molar-refractivity contribution in [3.05, 3.63) is 58.7 Å². The first-order valence-electron chi connectivity index (χ1n) is 21.3. The number of hydrogen-bond donors (Lipinski definition) is 4. The van der Waals surface area contributed by atoms with Gasteiger partial charge in [0.15, 0.2) is 18.0 Å². The van der Waals surface area contributed by atoms with Gasteiger partial charge in [-0.15, -0.1) is 0 Å². The van der Waals surface area contributed by atoms with Gasteiger partial charge >= 0.3 is 24.0 Å². The first-order chi connectivity index (χ1) is 28.3. The van der Waals surface area contributed by atoms with Crippen molar-refractivity contribution >= 4 is 24.0 Å². The smallest absolute Gasteiger partial charge is 0.407 e. The zero-order valence-corrected chi connectivity index (χ0v) is 37.5. The number of alkyl carbamates (subject to hydrolysis) is 1. The lowest BCUT2D eigenvalue weighted by atomic mass is 9.44. The lowest BCUT2D eigenvalue weighted by molar-refractivity contribution is -0.405. The number of hydrogen-bond acceptors (Lipinski definition) is 14. The molecule has 61 heavy (non-hydrogen) atoms. The highest BCUT2D eigenvalue weighted by Gasteiger charge is 2.79. The van der Waals surface area contributed by atoms with Crippen LogP contribution in [0.3, 0.4) is 0 Å². The van der Waals surface area contributed by atoms with Crippen molar-refractivity contribution in [1.82, 2.24) is 5.32 Å². The van der Waals surface area contributed by atoms with Crippen LogP contribution in [0.4, 0.5) is 4.79 Å². The van der Waals surface area contributed by atoms with Gasteiger partial charge in [0.25, 0.3) is 0 Å². The third-order valence-electron chi connectivity index (χ3n) is 13.4. The average molecular weight is 856 g/mol. The van der Waals surface area contributed by atoms with Gasteiger partial charge in [0, 0.05) is 30.6 Å². The van der Waals surface area contributed by atoms with Crippen LogP contribution in [-0.4, -0.2) is 118 Å². The van der Waals surface area contributed by atoms with Crippen LogP contribution in [0.5, 0.6) is 0 Å². The number of allylic oxidation sites excluding steroid dienone is 1. The first kappa shape index (κ1) is 46.6. The summed E-state index contributed by atoms with van der Waals surface area (Å²) in [6.45, 7) is 20.7. The second-order valence-electron chi connectivity index (χ2n) is 20.0. The summed E-state index contributed by atoms with van der Waals surface area (Å²) in [4.78, 5) is 54.6. The highest BCUT2D eigenvalue weighted by Crippen LogP contribution is 2.67. The van der Waals surface area contributed by atoms with Gasteiger partial charge in [-0.1, -0.05) is 58.4 Å². The molecule has 13 atom stereocenters. The molecule has 0 aromatic heterocycles. The van der Waals surface area contributed by atoms with Gasteiger partial charge in [-0.05, 0) is 83.2 Å². The lowest BCUT2D eigenvalue weighted by Crippen LogP contribution is -2.83. The fraction of sp³-hybridized carbons (Fsp3) is 0.696. The zero-order valence-electron chi connectivity index (χ0n) is 37.5. The van der Waals surface area contributed by atoms with E-state index in [4.69, 9.17) is 33.2 Å². The molecule has 338 valence electrons. The molecule has 2 heterocycles. The highest BCUT2D eigenvalue weighted by atomic mass is 16.7. The van der Waals surface area contributed by atoms with Crippen molar-refractivity contribution in [2.45, 2.75) is 174 Å². The average Bonchev–Trinajstić information content (AvgIpc) is 3.13. The van der Waals surface area contributed by atoms with Gasteiger partial charge < -0.3 is 53.8 Å². The van der Waals surface area contributed by atoms with Crippen LogP contribution in [0, 0.1) is 22.7 Å². The molecule has 0 unspecified atom stereocenters. The Morgan fingerprint density at radius 3 is 2.21 bits per heavy atom. The maximum absolute atomic E-state index is 14.4. The number of amides is 1. The van der Waals surface area contributed by atoms with Crippen LogP contribution < -0.4 is 5.32 Å². The number of ether oxygens (including phenoxy) is 7. The quantitative estimate of drug-likeness (QED) is 0.138. The van der Waals surface area contributed by atoms with Gasteiger partial charge in [0.1, 0.15) is 35.6 Å². The molecule has 15 nitrogen and oxygen atoms in total. The molecule has 0 radical (unpaired) electrons. The molecule has 15 heteroatoms. The monoisotopic (exact) mass is 855 g/mol. The van der Waals surface area contributed by atoms with Crippen molar-refractivity contribution in [2.75, 3.05) is 6.61 Å². The number of rotatable bonds is 10. The molecule has 0 spiro atoms. The van der Waals surface area contributed by atoms with Crippen LogP contribution >= 0.6 is 0 Å². The van der Waals surface area contributed by atoms with Gasteiger partial charge in [-0.25, -0.2) is 14.4 Å². The maximum atomic E-state index is 14.4. The van der Waals surface area contributed by atoms with Crippen LogP contribution in [0.25, 0.3) is 0 Å². The van der Waals surface area contributed by atoms with Gasteiger partial charge in [-0.2, -0.15) is 0 Å². The Bertz CT molecular complexity index is 1920. The van der Waals surface area contributed by atoms with E-state index in [1.54, 1.807) is 78.0 Å². The molecule has 3 aliphatic carbocycles. The molecule has 1 aromatic rings. The van der Waals surface area contributed by atoms with Crippen molar-refractivity contribution in [2.24, 2.45) is 22.7 Å². The summed E-state index contributed by atoms with van der Waals surface area (Å²) in [6, 6.07) is 7.14. The van der Waals surface area contributed by atoms with E-state index in [9.17, 15) is 34.5 Å². The van der Waals surface area contributed by atoms with E-state index < -0.39 is 113 Å². The molecule has 2 saturated heterocycles. The molecular weight excluding hydrogens is 790 g/mol. The standard InChI is InChI=1S/C46H65NO14/c1-23(2)18-28(47-41(53)61-42(7,8)9)34(49)40(52)56-29-21-46(54)38(59-39(51)27-16-14-13-15-17-27)36-44(12)30(20-31-45(36,22-55-31)60-26(6)48)57-32(19-24(3)4)58-37(44)35(50)33(25(29)5)43(46,10)11/h13-17,19,23,28-32,34-38,49-50,54H,18,20-22H2,1-12H3,(H,47,53)/t28-,29-,30-,31+,32-,34+,35+,36-,37-,38-,44+,45-,46+/m0/s1. The van der Waals surface area contributed by atoms with Crippen LogP contribution in [0.1, 0.15) is 113 Å². The van der Waals surface area contributed by atoms with E-state index >= 15 is 0 Å². The fourth-order valence-electron chi connectivity index (χ4n) is 10.7. The molecule has 5 aliphatic rings. The summed E-state index contributed by atoms with van der Waals surface area (Å²) in [6.07, 6.45) is -8.78. The zero-order chi connectivity index (χ0) is 45.2. The molecule has 4 fully saturated rings. The summed E-state index contributed by atoms with van der Waals surface area (Å²) in [5.41, 5.74) is -5.57. The number of esters is 3. The molecule has 1 amide bonds. The van der Waals surface area contributed by atoms with E-state index in [1.165, 1.54) is 6.92 Å². The SMILES string of the molecule is CC(=O)O[C@@]12CO[C@@H]1C[C@@H]1O[C@H](C=C(C)C)O[C@H]3[C@H](O)C4=C(C)[C@@H](OC(=O)[C@H](O)[C@H](CC(C)C)NC(=O)OC(C)(C)C)C[C@@](O)([C@@H](OC(=O)c5ccccc5)[C@H]2[C@@]13C)C4(C)C. The number of benzene rings is 1. The Kier molecular flexibility index (Phi) is 12.8. The minimum atomic E-state index is -2.18. The van der Waals surface area contributed by atoms with E-state index in [-0.39, 0.29) is 42.9 Å². The summed E-state index contributed by atoms with van der Waals surface area (Å²) in [7, 11) is 0. The van der Waals surface area contributed by atoms with Crippen LogP contribution in [0.2, 0.25) is 0 Å². The van der Waals surface area contributed by atoms with Crippen molar-refractivity contribution in [1.29, 1.82) is 0 Å². The minimum absolute atomic E-state index is 0.0728. The summed E-state index contributed by atoms with van der Waals surface area (Å²) < 4.78 is 44.0. The number of carbonyl (C=O) groups is 4. The topological polar surface area (TPSA) is 206 Å². The molecular formula is C46H65NO14. The number of nitrogens with one attached hydrogen (secondary N) is 1. The molecule has 1 aromatic carbocycles. The summed E-state index contributed by atoms with van der Waals surface area (Å²) >= 11 is 0. The van der Waals surface area contributed by atoms with E-state index in [1.807, 2.05) is 34.6 Å². The summed E-state index contributed by atoms with van der Waals surface area (Å²) in [5, 5.41) is 40.9. The highest BCUT2D eigenvalue weighted by molar-refractivity contribution is 5.89. The van der Waals surface area contributed by atoms with Crippen molar-refractivity contribution < 1.29 is 67.7 Å². The fourth-order valence-corrected chi connectivity index (χ4v) is 10.7. The predicted octanol–water partition coefficient (Wildman–Crippen LogP) is 5.08. The number of aliphatic hydroxyl groups excluding tert-OH is 2. The number of carbonyl (C=O) groups excluding carboxylic acids is 4. The normalized spacial score (nSPS) is 36.0. The lowest BCUT2D eigenvalue weighted by Gasteiger charge is -2.71. The molecule has 2 bridgehead atoms. The molecule has 4 N–H and O–H groups in total. The van der Waals surface area contributed by atoms with E-state index in [2.05, 4.69) is 5.32 Å². The van der Waals surface area contributed by atoms with Gasteiger partial charge in [0.05, 0.1) is 36.3 Å². The molecule has 6 rings (SSSR count). The second kappa shape index (κ2) is 16.7. The maximum Gasteiger partial charge on any atom is 0.407 e. The minimum Gasteiger partial charge on any atom is -0.456 e. The van der Waals surface area contributed by atoms with Crippen LogP contribution in [0.15, 0.2) is 53.1 Å². The largest absolute Gasteiger partial charge is 0.456 e. The Morgan fingerprint density at radius 2 is 1.66 bits per heavy atom. The number of fused-ring (bicyclic) bond motifs is 4. The third kappa shape index (κ3) is 8.38. The van der Waals surface area contributed by atoms with Gasteiger partial charge in [0.2, 0.25) is 0 Å². The Labute approximate surface area is 358 Å². The van der Waals surface area contributed by atoms with E-state index in [0.29, 0.717) is 5.57 Å². The van der Waals surface area contributed by atoms with Crippen molar-refractivity contribution in [3.8, 4) is 0 Å². The Morgan fingerprint density at radius 1 is 1.00 bits per heavy atom. The molecule has 2 saturated carbocycles. The summed E-state index contributed by atoms with van der Waals surface area (Å²) in [5.74, 6) is -3.73. The molecule has 2 aliphatic heterocycles. The number of aliphatic hydroxyl groups is 3. The van der Waals surface area contributed by atoms with Crippen molar-refractivity contribution in [3.63, 3.8) is 0 Å². The Balaban J connectivity index is 1.53. The van der Waals surface area contributed by atoms with Crippen LogP contribution in [-0.2, 0) is 42.7 Å².